The van der Waals surface area contributed by atoms with Gasteiger partial charge in [-0.05, 0) is 12.1 Å². The summed E-state index contributed by atoms with van der Waals surface area (Å²) in [7, 11) is 0. The summed E-state index contributed by atoms with van der Waals surface area (Å²) in [5, 5.41) is 12.5. The minimum absolute atomic E-state index is 0.0781. The maximum atomic E-state index is 8.58. The molecule has 0 radical (unpaired) electrons. The number of hydrogen-bond donors (Lipinski definition) is 2. The van der Waals surface area contributed by atoms with Crippen molar-refractivity contribution in [1.82, 2.24) is 4.98 Å². The Labute approximate surface area is 80.7 Å². The maximum absolute atomic E-state index is 8.58. The second-order valence-corrected chi connectivity index (χ2v) is 2.87. The third-order valence-corrected chi connectivity index (χ3v) is 2.02. The average Bonchev–Trinajstić information content (AvgIpc) is 2.27. The van der Waals surface area contributed by atoms with Gasteiger partial charge < -0.3 is 10.9 Å². The molecule has 0 saturated carbocycles. The lowest BCUT2D eigenvalue weighted by Crippen LogP contribution is -2.13. The van der Waals surface area contributed by atoms with Crippen LogP contribution >= 0.6 is 0 Å². The highest BCUT2D eigenvalue weighted by Gasteiger charge is 2.04. The van der Waals surface area contributed by atoms with Crippen LogP contribution in [-0.2, 0) is 0 Å². The number of oxime groups is 1. The first-order valence-electron chi connectivity index (χ1n) is 4.14. The van der Waals surface area contributed by atoms with Gasteiger partial charge in [-0.25, -0.2) is 0 Å². The van der Waals surface area contributed by atoms with Gasteiger partial charge in [-0.15, -0.1) is 0 Å². The van der Waals surface area contributed by atoms with Crippen molar-refractivity contribution in [2.45, 2.75) is 0 Å². The van der Waals surface area contributed by atoms with Crippen LogP contribution in [0.25, 0.3) is 10.9 Å². The van der Waals surface area contributed by atoms with Crippen molar-refractivity contribution in [1.29, 1.82) is 0 Å². The van der Waals surface area contributed by atoms with Crippen LogP contribution < -0.4 is 5.73 Å². The summed E-state index contributed by atoms with van der Waals surface area (Å²) >= 11 is 0. The van der Waals surface area contributed by atoms with Crippen molar-refractivity contribution in [3.63, 3.8) is 0 Å². The molecular formula is C10H9N3O. The molecule has 0 aliphatic heterocycles. The number of fused-ring (bicyclic) bond motifs is 1. The van der Waals surface area contributed by atoms with Crippen molar-refractivity contribution >= 4 is 16.7 Å². The third kappa shape index (κ3) is 1.26. The number of pyridine rings is 1. The molecule has 0 unspecified atom stereocenters. The highest BCUT2D eigenvalue weighted by molar-refractivity contribution is 6.07. The summed E-state index contributed by atoms with van der Waals surface area (Å²) in [6, 6.07) is 9.31. The quantitative estimate of drug-likeness (QED) is 0.306. The summed E-state index contributed by atoms with van der Waals surface area (Å²) < 4.78 is 0. The van der Waals surface area contributed by atoms with Crippen molar-refractivity contribution in [2.24, 2.45) is 10.9 Å². The zero-order chi connectivity index (χ0) is 9.97. The van der Waals surface area contributed by atoms with E-state index in [1.807, 2.05) is 24.3 Å². The number of rotatable bonds is 1. The standard InChI is InChI=1S/C10H9N3O/c11-10(13-14)8-5-1-3-7-4-2-6-12-9(7)8/h1-6,14H,(H2,11,13). The molecule has 3 N–H and O–H groups in total. The van der Waals surface area contributed by atoms with Gasteiger partial charge in [0.2, 0.25) is 0 Å². The molecule has 70 valence electrons. The predicted octanol–water partition coefficient (Wildman–Crippen LogP) is 1.33. The lowest BCUT2D eigenvalue weighted by Gasteiger charge is -2.02. The molecule has 0 amide bonds. The molecule has 1 heterocycles. The van der Waals surface area contributed by atoms with Crippen molar-refractivity contribution in [3.8, 4) is 0 Å². The molecule has 4 heteroatoms. The largest absolute Gasteiger partial charge is 0.409 e. The molecule has 0 atom stereocenters. The van der Waals surface area contributed by atoms with Gasteiger partial charge in [-0.3, -0.25) is 4.98 Å². The molecule has 0 aliphatic rings. The topological polar surface area (TPSA) is 71.5 Å². The molecule has 2 rings (SSSR count). The highest BCUT2D eigenvalue weighted by atomic mass is 16.4. The molecule has 2 aromatic rings. The van der Waals surface area contributed by atoms with E-state index < -0.39 is 0 Å². The Kier molecular flexibility index (Phi) is 2.02. The molecule has 0 aliphatic carbocycles. The Bertz CT molecular complexity index is 488. The Morgan fingerprint density at radius 3 is 2.86 bits per heavy atom. The smallest absolute Gasteiger partial charge is 0.172 e. The molecule has 14 heavy (non-hydrogen) atoms. The number of hydrogen-bond acceptors (Lipinski definition) is 3. The number of benzene rings is 1. The molecule has 0 bridgehead atoms. The van der Waals surface area contributed by atoms with Gasteiger partial charge in [0.25, 0.3) is 0 Å². The van der Waals surface area contributed by atoms with E-state index in [0.29, 0.717) is 5.56 Å². The van der Waals surface area contributed by atoms with Gasteiger partial charge >= 0.3 is 0 Å². The van der Waals surface area contributed by atoms with Crippen LogP contribution in [0.5, 0.6) is 0 Å². The van der Waals surface area contributed by atoms with Gasteiger partial charge in [0.05, 0.1) is 5.52 Å². The minimum atomic E-state index is 0.0781. The van der Waals surface area contributed by atoms with Crippen LogP contribution in [0.2, 0.25) is 0 Å². The first-order valence-corrected chi connectivity index (χ1v) is 4.14. The predicted molar refractivity (Wildman–Crippen MR) is 54.3 cm³/mol. The molecule has 0 fully saturated rings. The van der Waals surface area contributed by atoms with E-state index in [4.69, 9.17) is 10.9 Å². The Balaban J connectivity index is 2.77. The molecular weight excluding hydrogens is 178 g/mol. The van der Waals surface area contributed by atoms with Crippen LogP contribution in [0.1, 0.15) is 5.56 Å². The van der Waals surface area contributed by atoms with Crippen LogP contribution in [0, 0.1) is 0 Å². The SMILES string of the molecule is NC(=NO)c1cccc2cccnc12. The van der Waals surface area contributed by atoms with Gasteiger partial charge in [0.1, 0.15) is 0 Å². The number of para-hydroxylation sites is 1. The lowest BCUT2D eigenvalue weighted by molar-refractivity contribution is 0.318. The van der Waals surface area contributed by atoms with Gasteiger partial charge in [-0.2, -0.15) is 0 Å². The maximum Gasteiger partial charge on any atom is 0.172 e. The second kappa shape index (κ2) is 3.33. The van der Waals surface area contributed by atoms with E-state index in [1.165, 1.54) is 0 Å². The van der Waals surface area contributed by atoms with Gasteiger partial charge in [-0.1, -0.05) is 23.4 Å². The zero-order valence-electron chi connectivity index (χ0n) is 7.38. The normalized spacial score (nSPS) is 11.9. The number of nitrogens with two attached hydrogens (primary N) is 1. The summed E-state index contributed by atoms with van der Waals surface area (Å²) in [5.74, 6) is 0.0781. The zero-order valence-corrected chi connectivity index (χ0v) is 7.38. The van der Waals surface area contributed by atoms with E-state index in [9.17, 15) is 0 Å². The minimum Gasteiger partial charge on any atom is -0.409 e. The van der Waals surface area contributed by atoms with Crippen LogP contribution in [0.4, 0.5) is 0 Å². The summed E-state index contributed by atoms with van der Waals surface area (Å²) in [6.07, 6.45) is 1.68. The average molecular weight is 187 g/mol. The third-order valence-electron chi connectivity index (χ3n) is 2.02. The Morgan fingerprint density at radius 2 is 2.07 bits per heavy atom. The van der Waals surface area contributed by atoms with Crippen LogP contribution in [0.15, 0.2) is 41.7 Å². The van der Waals surface area contributed by atoms with Crippen molar-refractivity contribution in [3.05, 3.63) is 42.1 Å². The summed E-state index contributed by atoms with van der Waals surface area (Å²) in [5.41, 5.74) is 6.91. The van der Waals surface area contributed by atoms with Gasteiger partial charge in [0.15, 0.2) is 5.84 Å². The fourth-order valence-corrected chi connectivity index (χ4v) is 1.36. The van der Waals surface area contributed by atoms with E-state index >= 15 is 0 Å². The highest BCUT2D eigenvalue weighted by Crippen LogP contribution is 2.15. The molecule has 1 aromatic carbocycles. The molecule has 0 saturated heterocycles. The first kappa shape index (κ1) is 8.50. The second-order valence-electron chi connectivity index (χ2n) is 2.87. The van der Waals surface area contributed by atoms with Gasteiger partial charge in [0, 0.05) is 17.1 Å². The number of nitrogens with zero attached hydrogens (tertiary/aromatic N) is 2. The monoisotopic (exact) mass is 187 g/mol. The molecule has 0 spiro atoms. The van der Waals surface area contributed by atoms with Crippen LogP contribution in [-0.4, -0.2) is 16.0 Å². The first-order chi connectivity index (χ1) is 6.83. The Hall–Kier alpha value is -2.10. The van der Waals surface area contributed by atoms with E-state index in [1.54, 1.807) is 12.3 Å². The fourth-order valence-electron chi connectivity index (χ4n) is 1.36. The molecule has 1 aromatic heterocycles. The number of amidine groups is 1. The fraction of sp³-hybridized carbons (Fsp3) is 0. The Morgan fingerprint density at radius 1 is 1.29 bits per heavy atom. The van der Waals surface area contributed by atoms with Crippen molar-refractivity contribution < 1.29 is 5.21 Å². The van der Waals surface area contributed by atoms with E-state index in [-0.39, 0.29) is 5.84 Å². The van der Waals surface area contributed by atoms with E-state index in [0.717, 1.165) is 10.9 Å². The lowest BCUT2D eigenvalue weighted by atomic mass is 10.1. The number of aromatic nitrogens is 1. The summed E-state index contributed by atoms with van der Waals surface area (Å²) in [4.78, 5) is 4.18. The summed E-state index contributed by atoms with van der Waals surface area (Å²) in [6.45, 7) is 0. The van der Waals surface area contributed by atoms with Crippen LogP contribution in [0.3, 0.4) is 0 Å². The van der Waals surface area contributed by atoms with E-state index in [2.05, 4.69) is 10.1 Å². The molecule has 4 nitrogen and oxygen atoms in total. The van der Waals surface area contributed by atoms with Crippen molar-refractivity contribution in [2.75, 3.05) is 0 Å².